The van der Waals surface area contributed by atoms with Crippen molar-refractivity contribution in [3.8, 4) is 0 Å². The fraction of sp³-hybridized carbons (Fsp3) is 0.682. The first-order valence-corrected chi connectivity index (χ1v) is 24.7. The Labute approximate surface area is 359 Å². The number of carbonyl (C=O) groups excluding carboxylic acids is 2. The summed E-state index contributed by atoms with van der Waals surface area (Å²) < 4.78 is 47.7. The second-order valence-electron chi connectivity index (χ2n) is 14.4. The number of carbonyl (C=O) groups is 2. The normalized spacial score (nSPS) is 15.2. The maximum Gasteiger partial charge on any atom is 0.472 e. The molecule has 0 spiro atoms. The van der Waals surface area contributed by atoms with E-state index in [-0.39, 0.29) is 18.9 Å². The minimum Gasteiger partial charge on any atom is -0.462 e. The third-order valence-electron chi connectivity index (χ3n) is 8.61. The Morgan fingerprint density at radius 2 is 1.00 bits per heavy atom. The summed E-state index contributed by atoms with van der Waals surface area (Å²) in [5.41, 5.74) is 0. The number of unbranched alkanes of at least 4 members (excludes halogenated alkanes) is 9. The Balaban J connectivity index is 4.67. The van der Waals surface area contributed by atoms with E-state index in [2.05, 4.69) is 77.6 Å². The van der Waals surface area contributed by atoms with Gasteiger partial charge in [0.2, 0.25) is 0 Å². The van der Waals surface area contributed by atoms with Gasteiger partial charge < -0.3 is 34.4 Å². The minimum atomic E-state index is -4.88. The molecule has 0 aromatic rings. The summed E-state index contributed by atoms with van der Waals surface area (Å²) >= 11 is 0. The van der Waals surface area contributed by atoms with Gasteiger partial charge in [0.15, 0.2) is 6.10 Å². The zero-order chi connectivity index (χ0) is 44.6. The molecule has 0 aliphatic rings. The number of aliphatic hydroxyl groups is 2. The van der Waals surface area contributed by atoms with Crippen LogP contribution in [0.4, 0.5) is 0 Å². The zero-order valence-corrected chi connectivity index (χ0v) is 37.9. The number of phosphoric acid groups is 2. The lowest BCUT2D eigenvalue weighted by atomic mass is 10.1. The van der Waals surface area contributed by atoms with Gasteiger partial charge in [0.05, 0.1) is 25.9 Å². The van der Waals surface area contributed by atoms with E-state index in [9.17, 15) is 33.8 Å². The highest BCUT2D eigenvalue weighted by molar-refractivity contribution is 7.47. The summed E-state index contributed by atoms with van der Waals surface area (Å²) in [5, 5.41) is 19.5. The maximum atomic E-state index is 12.6. The number of phosphoric ester groups is 2. The Kier molecular flexibility index (Phi) is 37.7. The molecule has 0 aliphatic heterocycles. The van der Waals surface area contributed by atoms with E-state index < -0.39 is 66.2 Å². The first-order chi connectivity index (χ1) is 28.8. The number of hydrogen-bond donors (Lipinski definition) is 5. The van der Waals surface area contributed by atoms with Crippen molar-refractivity contribution in [3.05, 3.63) is 72.9 Å². The highest BCUT2D eigenvalue weighted by Gasteiger charge is 2.28. The first kappa shape index (κ1) is 57.5. The Morgan fingerprint density at radius 3 is 1.58 bits per heavy atom. The van der Waals surface area contributed by atoms with Crippen LogP contribution in [0, 0.1) is 0 Å². The van der Waals surface area contributed by atoms with Crippen molar-refractivity contribution < 1.29 is 66.7 Å². The van der Waals surface area contributed by atoms with Crippen molar-refractivity contribution in [2.45, 2.75) is 167 Å². The van der Waals surface area contributed by atoms with Crippen molar-refractivity contribution in [3.63, 3.8) is 0 Å². The molecular weight excluding hydrogens is 814 g/mol. The fourth-order valence-corrected chi connectivity index (χ4v) is 6.48. The van der Waals surface area contributed by atoms with Gasteiger partial charge in [-0.1, -0.05) is 125 Å². The van der Waals surface area contributed by atoms with Crippen LogP contribution in [-0.4, -0.2) is 81.6 Å². The third kappa shape index (κ3) is 42.2. The first-order valence-electron chi connectivity index (χ1n) is 21.7. The van der Waals surface area contributed by atoms with Crippen LogP contribution in [0.2, 0.25) is 0 Å². The standard InChI is InChI=1S/C44H76O14P2/c1-3-5-6-7-8-9-10-11-12-15-18-21-24-27-30-34-43(47)54-38-42(39-57-60(52,53)56-37-41(46)36-55-59(49,50)51)58-44(48)35-31-28-25-22-19-16-13-14-17-20-23-26-29-33-40(45)32-4-2/h8-9,11-13,16-17,20,22,25-26,29,40-42,45-46H,3-7,10,14-15,18-19,21,23-24,27-28,30-39H2,1-2H3,(H,52,53)(H2,49,50,51)/b9-8-,12-11-,16-13-,20-17-,25-22-,29-26-/t40?,41-,42+/m0/s1. The van der Waals surface area contributed by atoms with Crippen LogP contribution in [-0.2, 0) is 41.8 Å². The van der Waals surface area contributed by atoms with Crippen molar-refractivity contribution in [2.75, 3.05) is 26.4 Å². The maximum absolute atomic E-state index is 12.6. The summed E-state index contributed by atoms with van der Waals surface area (Å²) in [6, 6.07) is 0. The van der Waals surface area contributed by atoms with E-state index in [4.69, 9.17) is 23.8 Å². The van der Waals surface area contributed by atoms with Crippen molar-refractivity contribution in [2.24, 2.45) is 0 Å². The second-order valence-corrected chi connectivity index (χ2v) is 17.1. The van der Waals surface area contributed by atoms with Gasteiger partial charge >= 0.3 is 27.6 Å². The van der Waals surface area contributed by atoms with E-state index >= 15 is 0 Å². The van der Waals surface area contributed by atoms with Crippen LogP contribution < -0.4 is 0 Å². The molecule has 14 nitrogen and oxygen atoms in total. The topological polar surface area (TPSA) is 216 Å². The molecule has 0 rings (SSSR count). The van der Waals surface area contributed by atoms with Crippen LogP contribution in [0.15, 0.2) is 72.9 Å². The van der Waals surface area contributed by atoms with Gasteiger partial charge in [-0.2, -0.15) is 0 Å². The van der Waals surface area contributed by atoms with Gasteiger partial charge in [0.1, 0.15) is 12.7 Å². The molecule has 0 fully saturated rings. The monoisotopic (exact) mass is 890 g/mol. The molecule has 2 unspecified atom stereocenters. The average Bonchev–Trinajstić information content (AvgIpc) is 3.20. The summed E-state index contributed by atoms with van der Waals surface area (Å²) in [5.74, 6) is -1.14. The molecule has 0 aromatic carbocycles. The number of rotatable bonds is 40. The van der Waals surface area contributed by atoms with Gasteiger partial charge in [-0.15, -0.1) is 0 Å². The molecule has 5 N–H and O–H groups in total. The summed E-state index contributed by atoms with van der Waals surface area (Å²) in [6.07, 6.45) is 39.6. The lowest BCUT2D eigenvalue weighted by Crippen LogP contribution is -2.29. The van der Waals surface area contributed by atoms with Gasteiger partial charge in [0.25, 0.3) is 0 Å². The van der Waals surface area contributed by atoms with E-state index in [1.807, 2.05) is 18.2 Å². The predicted molar refractivity (Wildman–Crippen MR) is 236 cm³/mol. The predicted octanol–water partition coefficient (Wildman–Crippen LogP) is 9.98. The molecule has 0 saturated heterocycles. The summed E-state index contributed by atoms with van der Waals surface area (Å²) in [4.78, 5) is 52.6. The number of esters is 2. The highest BCUT2D eigenvalue weighted by atomic mass is 31.2. The van der Waals surface area contributed by atoms with E-state index in [1.165, 1.54) is 19.3 Å². The van der Waals surface area contributed by atoms with Crippen LogP contribution >= 0.6 is 15.6 Å². The Morgan fingerprint density at radius 1 is 0.517 bits per heavy atom. The van der Waals surface area contributed by atoms with E-state index in [0.29, 0.717) is 25.7 Å². The molecule has 16 heteroatoms. The molecule has 0 amide bonds. The van der Waals surface area contributed by atoms with Crippen LogP contribution in [0.1, 0.15) is 149 Å². The van der Waals surface area contributed by atoms with E-state index in [0.717, 1.165) is 77.0 Å². The molecule has 0 bridgehead atoms. The molecule has 0 aliphatic carbocycles. The average molecular weight is 891 g/mol. The quantitative estimate of drug-likeness (QED) is 0.0168. The summed E-state index contributed by atoms with van der Waals surface area (Å²) in [6.45, 7) is 1.43. The summed E-state index contributed by atoms with van der Waals surface area (Å²) in [7, 11) is -9.71. The molecule has 0 aromatic heterocycles. The van der Waals surface area contributed by atoms with Gasteiger partial charge in [-0.25, -0.2) is 9.13 Å². The number of allylic oxidation sites excluding steroid dienone is 11. The number of ether oxygens (including phenoxy) is 2. The number of hydrogen-bond acceptors (Lipinski definition) is 11. The van der Waals surface area contributed by atoms with Crippen LogP contribution in [0.3, 0.4) is 0 Å². The number of aliphatic hydroxyl groups excluding tert-OH is 2. The van der Waals surface area contributed by atoms with Crippen molar-refractivity contribution >= 4 is 27.6 Å². The molecule has 0 radical (unpaired) electrons. The smallest absolute Gasteiger partial charge is 0.462 e. The SMILES string of the molecule is CCCCC/C=C\C/C=C\CCCCCCCC(=O)OC[C@H](COP(=O)(O)OC[C@@H](O)COP(=O)(O)O)OC(=O)CCC/C=C\C/C=C\C/C=C\C/C=C\CC(O)CCC. The molecule has 4 atom stereocenters. The van der Waals surface area contributed by atoms with Crippen LogP contribution in [0.25, 0.3) is 0 Å². The third-order valence-corrected chi connectivity index (χ3v) is 10.0. The highest BCUT2D eigenvalue weighted by Crippen LogP contribution is 2.43. The van der Waals surface area contributed by atoms with Gasteiger partial charge in [-0.3, -0.25) is 23.2 Å². The molecule has 346 valence electrons. The molecule has 60 heavy (non-hydrogen) atoms. The minimum absolute atomic E-state index is 0.0342. The van der Waals surface area contributed by atoms with Gasteiger partial charge in [-0.05, 0) is 83.5 Å². The zero-order valence-electron chi connectivity index (χ0n) is 36.1. The molecule has 0 heterocycles. The van der Waals surface area contributed by atoms with Crippen molar-refractivity contribution in [1.29, 1.82) is 0 Å². The van der Waals surface area contributed by atoms with Crippen molar-refractivity contribution in [1.82, 2.24) is 0 Å². The van der Waals surface area contributed by atoms with Crippen LogP contribution in [0.5, 0.6) is 0 Å². The lowest BCUT2D eigenvalue weighted by Gasteiger charge is -2.20. The Hall–Kier alpha value is -2.48. The van der Waals surface area contributed by atoms with E-state index in [1.54, 1.807) is 0 Å². The second kappa shape index (κ2) is 39.4. The Bertz CT molecular complexity index is 1350. The largest absolute Gasteiger partial charge is 0.472 e. The van der Waals surface area contributed by atoms with Gasteiger partial charge in [0, 0.05) is 12.8 Å². The molecular formula is C44H76O14P2. The lowest BCUT2D eigenvalue weighted by molar-refractivity contribution is -0.161. The molecule has 0 saturated carbocycles. The fourth-order valence-electron chi connectivity index (χ4n) is 5.33.